The number of aliphatic hydroxyl groups is 1. The van der Waals surface area contributed by atoms with E-state index in [1.807, 2.05) is 0 Å². The third kappa shape index (κ3) is 5.18. The predicted molar refractivity (Wildman–Crippen MR) is 129 cm³/mol. The molecule has 0 amide bonds. The van der Waals surface area contributed by atoms with Gasteiger partial charge in [-0.2, -0.15) is 0 Å². The third-order valence-electron chi connectivity index (χ3n) is 5.28. The molecule has 0 aromatic carbocycles. The Morgan fingerprint density at radius 3 is 2.65 bits per heavy atom. The van der Waals surface area contributed by atoms with Crippen LogP contribution in [0.15, 0.2) is 41.6 Å². The summed E-state index contributed by atoms with van der Waals surface area (Å²) in [5, 5.41) is 10.1. The van der Waals surface area contributed by atoms with Crippen LogP contribution in [0, 0.1) is 31.3 Å². The van der Waals surface area contributed by atoms with E-state index in [0.717, 1.165) is 23.9 Å². The molecule has 4 aromatic heterocycles. The van der Waals surface area contributed by atoms with E-state index in [9.17, 15) is 18.7 Å². The van der Waals surface area contributed by atoms with Gasteiger partial charge in [0.25, 0.3) is 5.56 Å². The number of rotatable bonds is 6. The standard InChI is InChI=1S/C25H21ClF3N5O3/c1-12-9-32-21(16-5-6-30-24(33-16)25(3,4)36)20(29)22(12)34-13(2)7-18(19(26)23(34)35)37-11-17-15(28)8-14(27)10-31-17/h5-10,36H,11H2,1-4H3/i3D3. The molecule has 4 rings (SSSR count). The van der Waals surface area contributed by atoms with Gasteiger partial charge >= 0.3 is 0 Å². The molecule has 0 saturated heterocycles. The molecule has 1 unspecified atom stereocenters. The zero-order chi connectivity index (χ0) is 29.6. The first-order chi connectivity index (χ1) is 18.6. The molecule has 0 fully saturated rings. The van der Waals surface area contributed by atoms with Crippen LogP contribution in [0.3, 0.4) is 0 Å². The van der Waals surface area contributed by atoms with Gasteiger partial charge in [-0.05, 0) is 39.3 Å². The van der Waals surface area contributed by atoms with E-state index in [2.05, 4.69) is 19.9 Å². The van der Waals surface area contributed by atoms with Crippen LogP contribution < -0.4 is 10.3 Å². The van der Waals surface area contributed by atoms with Crippen LogP contribution in [-0.4, -0.2) is 29.6 Å². The van der Waals surface area contributed by atoms with E-state index in [1.54, 1.807) is 0 Å². The van der Waals surface area contributed by atoms with Gasteiger partial charge in [-0.15, -0.1) is 0 Å². The first kappa shape index (κ1) is 22.4. The molecule has 0 bridgehead atoms. The van der Waals surface area contributed by atoms with Gasteiger partial charge in [-0.25, -0.2) is 23.1 Å². The Morgan fingerprint density at radius 1 is 1.19 bits per heavy atom. The van der Waals surface area contributed by atoms with Crippen molar-refractivity contribution in [1.29, 1.82) is 0 Å². The maximum Gasteiger partial charge on any atom is 0.278 e. The second-order valence-corrected chi connectivity index (χ2v) is 8.64. The van der Waals surface area contributed by atoms with E-state index in [1.165, 1.54) is 32.2 Å². The van der Waals surface area contributed by atoms with Gasteiger partial charge in [0, 0.05) is 34.3 Å². The minimum atomic E-state index is -2.88. The molecule has 0 spiro atoms. The average molecular weight is 535 g/mol. The SMILES string of the molecule is [2H]C([2H])([2H])C(C)(O)c1nccc(-c2ncc(C)c(-n3c(C)cc(OCc4ncc(F)cc4F)c(Cl)c3=O)c2F)n1. The summed E-state index contributed by atoms with van der Waals surface area (Å²) < 4.78 is 72.2. The number of nitrogens with zero attached hydrogens (tertiary/aromatic N) is 5. The molecule has 1 N–H and O–H groups in total. The van der Waals surface area contributed by atoms with E-state index < -0.39 is 52.9 Å². The lowest BCUT2D eigenvalue weighted by molar-refractivity contribution is 0.0688. The molecule has 0 aliphatic rings. The Labute approximate surface area is 218 Å². The Morgan fingerprint density at radius 2 is 1.95 bits per heavy atom. The Hall–Kier alpha value is -3.83. The molecule has 0 radical (unpaired) electrons. The molecule has 8 nitrogen and oxygen atoms in total. The fourth-order valence-electron chi connectivity index (χ4n) is 3.50. The molecule has 0 aliphatic carbocycles. The maximum absolute atomic E-state index is 16.0. The quantitative estimate of drug-likeness (QED) is 0.386. The predicted octanol–water partition coefficient (Wildman–Crippen LogP) is 4.58. The number of ether oxygens (including phenoxy) is 1. The molecule has 4 heterocycles. The summed E-state index contributed by atoms with van der Waals surface area (Å²) in [7, 11) is 0. The highest BCUT2D eigenvalue weighted by molar-refractivity contribution is 6.31. The lowest BCUT2D eigenvalue weighted by Crippen LogP contribution is -2.24. The fourth-order valence-corrected chi connectivity index (χ4v) is 3.70. The van der Waals surface area contributed by atoms with Crippen LogP contribution in [-0.2, 0) is 12.2 Å². The second kappa shape index (κ2) is 9.91. The van der Waals surface area contributed by atoms with Gasteiger partial charge in [-0.3, -0.25) is 19.3 Å². The van der Waals surface area contributed by atoms with E-state index in [-0.39, 0.29) is 39.8 Å². The van der Waals surface area contributed by atoms with Crippen molar-refractivity contribution < 1.29 is 27.1 Å². The molecule has 0 aliphatic heterocycles. The third-order valence-corrected chi connectivity index (χ3v) is 5.63. The highest BCUT2D eigenvalue weighted by Crippen LogP contribution is 2.30. The molecule has 1 atom stereocenters. The molecule has 12 heteroatoms. The number of halogens is 4. The molecule has 37 heavy (non-hydrogen) atoms. The monoisotopic (exact) mass is 534 g/mol. The van der Waals surface area contributed by atoms with Crippen molar-refractivity contribution in [2.75, 3.05) is 0 Å². The van der Waals surface area contributed by atoms with Gasteiger partial charge in [0.1, 0.15) is 40.2 Å². The lowest BCUT2D eigenvalue weighted by atomic mass is 10.1. The van der Waals surface area contributed by atoms with E-state index in [0.29, 0.717) is 6.07 Å². The Kier molecular flexibility index (Phi) is 5.99. The highest BCUT2D eigenvalue weighted by atomic mass is 35.5. The summed E-state index contributed by atoms with van der Waals surface area (Å²) in [5.41, 5.74) is -3.78. The average Bonchev–Trinajstić information content (AvgIpc) is 2.87. The van der Waals surface area contributed by atoms with E-state index >= 15 is 4.39 Å². The number of hydrogen-bond donors (Lipinski definition) is 1. The van der Waals surface area contributed by atoms with Crippen molar-refractivity contribution in [3.8, 4) is 22.8 Å². The van der Waals surface area contributed by atoms with Gasteiger partial charge < -0.3 is 9.84 Å². The van der Waals surface area contributed by atoms with Crippen LogP contribution in [0.1, 0.15) is 40.7 Å². The molecule has 4 aromatic rings. The molecule has 0 saturated carbocycles. The summed E-state index contributed by atoms with van der Waals surface area (Å²) in [4.78, 5) is 28.8. The number of aromatic nitrogens is 5. The Bertz CT molecular complexity index is 1680. The largest absolute Gasteiger partial charge is 0.485 e. The van der Waals surface area contributed by atoms with Crippen LogP contribution in [0.4, 0.5) is 13.2 Å². The van der Waals surface area contributed by atoms with Crippen LogP contribution in [0.25, 0.3) is 17.1 Å². The molecular weight excluding hydrogens is 511 g/mol. The number of hydrogen-bond acceptors (Lipinski definition) is 7. The van der Waals surface area contributed by atoms with Gasteiger partial charge in [0.2, 0.25) is 0 Å². The topological polar surface area (TPSA) is 103 Å². The van der Waals surface area contributed by atoms with Crippen LogP contribution in [0.5, 0.6) is 5.75 Å². The summed E-state index contributed by atoms with van der Waals surface area (Å²) in [6.07, 6.45) is 3.24. The van der Waals surface area contributed by atoms with Crippen molar-refractivity contribution in [3.05, 3.63) is 92.4 Å². The second-order valence-electron chi connectivity index (χ2n) is 8.27. The molecule has 192 valence electrons. The van der Waals surface area contributed by atoms with Gasteiger partial charge in [0.15, 0.2) is 17.5 Å². The van der Waals surface area contributed by atoms with Crippen molar-refractivity contribution in [1.82, 2.24) is 24.5 Å². The van der Waals surface area contributed by atoms with Crippen molar-refractivity contribution >= 4 is 11.6 Å². The number of pyridine rings is 3. The maximum atomic E-state index is 16.0. The summed E-state index contributed by atoms with van der Waals surface area (Å²) in [6, 6.07) is 3.24. The fraction of sp³-hybridized carbons (Fsp3) is 0.240. The van der Waals surface area contributed by atoms with Gasteiger partial charge in [0.05, 0.1) is 17.6 Å². The summed E-state index contributed by atoms with van der Waals surface area (Å²) in [6.45, 7) is 0.666. The summed E-state index contributed by atoms with van der Waals surface area (Å²) >= 11 is 6.25. The highest BCUT2D eigenvalue weighted by Gasteiger charge is 2.24. The van der Waals surface area contributed by atoms with Crippen molar-refractivity contribution in [3.63, 3.8) is 0 Å². The van der Waals surface area contributed by atoms with Crippen LogP contribution in [0.2, 0.25) is 5.02 Å². The first-order valence-corrected chi connectivity index (χ1v) is 11.1. The normalized spacial score (nSPS) is 14.4. The first-order valence-electron chi connectivity index (χ1n) is 12.2. The minimum Gasteiger partial charge on any atom is -0.485 e. The minimum absolute atomic E-state index is 0.134. The lowest BCUT2D eigenvalue weighted by Gasteiger charge is -2.18. The molecular formula is C25H21ClF3N5O3. The van der Waals surface area contributed by atoms with Crippen molar-refractivity contribution in [2.24, 2.45) is 0 Å². The zero-order valence-corrected chi connectivity index (χ0v) is 20.4. The number of aryl methyl sites for hydroxylation is 2. The zero-order valence-electron chi connectivity index (χ0n) is 22.7. The van der Waals surface area contributed by atoms with Gasteiger partial charge in [-0.1, -0.05) is 11.6 Å². The smallest absolute Gasteiger partial charge is 0.278 e. The van der Waals surface area contributed by atoms with Crippen LogP contribution >= 0.6 is 11.6 Å². The van der Waals surface area contributed by atoms with E-state index in [4.69, 9.17) is 20.5 Å². The van der Waals surface area contributed by atoms with Crippen molar-refractivity contribution in [2.45, 2.75) is 39.8 Å². The summed E-state index contributed by atoms with van der Waals surface area (Å²) in [5.74, 6) is -3.40. The Balaban J connectivity index is 1.77.